The van der Waals surface area contributed by atoms with Crippen molar-refractivity contribution < 1.29 is 9.47 Å². The zero-order valence-electron chi connectivity index (χ0n) is 17.6. The van der Waals surface area contributed by atoms with Crippen molar-refractivity contribution >= 4 is 16.9 Å². The lowest BCUT2D eigenvalue weighted by Gasteiger charge is -2.14. The van der Waals surface area contributed by atoms with Crippen LogP contribution in [0.1, 0.15) is 23.6 Å². The average Bonchev–Trinajstić information content (AvgIpc) is 3.13. The summed E-state index contributed by atoms with van der Waals surface area (Å²) in [4.78, 5) is 7.68. The average molecular weight is 395 g/mol. The van der Waals surface area contributed by atoms with E-state index in [0.717, 1.165) is 36.0 Å². The predicted octanol–water partition coefficient (Wildman–Crippen LogP) is 3.79. The summed E-state index contributed by atoms with van der Waals surface area (Å²) >= 11 is 0. The Labute approximate surface area is 172 Å². The van der Waals surface area contributed by atoms with E-state index in [4.69, 9.17) is 9.47 Å². The topological polar surface area (TPSA) is 70.7 Å². The fraction of sp³-hybridized carbons (Fsp3) is 0.348. The molecule has 6 nitrogen and oxygen atoms in total. The van der Waals surface area contributed by atoms with Gasteiger partial charge in [-0.2, -0.15) is 0 Å². The number of aliphatic imine (C=N–C) groups is 1. The van der Waals surface area contributed by atoms with Gasteiger partial charge in [0.25, 0.3) is 0 Å². The second kappa shape index (κ2) is 9.87. The maximum atomic E-state index is 5.65. The fourth-order valence-corrected chi connectivity index (χ4v) is 3.33. The molecule has 154 valence electrons. The zero-order chi connectivity index (χ0) is 20.6. The molecule has 29 heavy (non-hydrogen) atoms. The van der Waals surface area contributed by atoms with Crippen LogP contribution in [0.5, 0.6) is 11.5 Å². The first kappa shape index (κ1) is 20.6. The number of aromatic amines is 1. The Morgan fingerprint density at radius 3 is 2.72 bits per heavy atom. The Morgan fingerprint density at radius 1 is 1.10 bits per heavy atom. The number of benzene rings is 2. The standard InChI is InChI=1S/C23H30N4O2/c1-5-29-22-13-17(7-9-21(22)28-4)14-27-23(24-3)25-11-10-18-15-26-20-12-16(2)6-8-19(18)20/h6-9,12-13,15,26H,5,10-11,14H2,1-4H3,(H2,24,25,27). The summed E-state index contributed by atoms with van der Waals surface area (Å²) in [7, 11) is 3.43. The second-order valence-corrected chi connectivity index (χ2v) is 6.88. The lowest BCUT2D eigenvalue weighted by Crippen LogP contribution is -2.37. The highest BCUT2D eigenvalue weighted by Gasteiger charge is 2.07. The van der Waals surface area contributed by atoms with E-state index >= 15 is 0 Å². The van der Waals surface area contributed by atoms with Gasteiger partial charge in [-0.3, -0.25) is 4.99 Å². The third-order valence-corrected chi connectivity index (χ3v) is 4.82. The van der Waals surface area contributed by atoms with Gasteiger partial charge in [-0.25, -0.2) is 0 Å². The second-order valence-electron chi connectivity index (χ2n) is 6.88. The van der Waals surface area contributed by atoms with Crippen molar-refractivity contribution in [1.29, 1.82) is 0 Å². The smallest absolute Gasteiger partial charge is 0.191 e. The number of fused-ring (bicyclic) bond motifs is 1. The van der Waals surface area contributed by atoms with E-state index in [1.54, 1.807) is 14.2 Å². The van der Waals surface area contributed by atoms with Crippen LogP contribution in [-0.4, -0.2) is 38.3 Å². The Morgan fingerprint density at radius 2 is 1.97 bits per heavy atom. The molecule has 0 unspecified atom stereocenters. The molecule has 0 saturated carbocycles. The quantitative estimate of drug-likeness (QED) is 0.402. The van der Waals surface area contributed by atoms with E-state index < -0.39 is 0 Å². The molecule has 6 heteroatoms. The monoisotopic (exact) mass is 394 g/mol. The van der Waals surface area contributed by atoms with Gasteiger partial charge in [-0.15, -0.1) is 0 Å². The maximum Gasteiger partial charge on any atom is 0.191 e. The van der Waals surface area contributed by atoms with Crippen molar-refractivity contribution in [3.63, 3.8) is 0 Å². The van der Waals surface area contributed by atoms with E-state index in [-0.39, 0.29) is 0 Å². The van der Waals surface area contributed by atoms with Crippen molar-refractivity contribution in [1.82, 2.24) is 15.6 Å². The third-order valence-electron chi connectivity index (χ3n) is 4.82. The van der Waals surface area contributed by atoms with Gasteiger partial charge in [0.05, 0.1) is 13.7 Å². The van der Waals surface area contributed by atoms with Crippen LogP contribution in [0.4, 0.5) is 0 Å². The fourth-order valence-electron chi connectivity index (χ4n) is 3.33. The number of nitrogens with one attached hydrogen (secondary N) is 3. The van der Waals surface area contributed by atoms with Crippen LogP contribution in [0.25, 0.3) is 10.9 Å². The molecule has 0 aliphatic rings. The summed E-state index contributed by atoms with van der Waals surface area (Å²) in [6, 6.07) is 12.5. The van der Waals surface area contributed by atoms with Gasteiger partial charge < -0.3 is 25.1 Å². The molecular formula is C23H30N4O2. The van der Waals surface area contributed by atoms with E-state index in [9.17, 15) is 0 Å². The molecule has 1 heterocycles. The van der Waals surface area contributed by atoms with E-state index in [1.165, 1.54) is 22.0 Å². The van der Waals surface area contributed by atoms with Crippen LogP contribution >= 0.6 is 0 Å². The van der Waals surface area contributed by atoms with E-state index in [1.807, 2.05) is 25.1 Å². The van der Waals surface area contributed by atoms with Gasteiger partial charge in [0, 0.05) is 37.2 Å². The number of nitrogens with zero attached hydrogens (tertiary/aromatic N) is 1. The number of rotatable bonds is 8. The van der Waals surface area contributed by atoms with E-state index in [0.29, 0.717) is 13.2 Å². The van der Waals surface area contributed by atoms with Gasteiger partial charge in [0.2, 0.25) is 0 Å². The Balaban J connectivity index is 1.53. The molecule has 0 amide bonds. The third kappa shape index (κ3) is 5.22. The van der Waals surface area contributed by atoms with Gasteiger partial charge in [-0.1, -0.05) is 18.2 Å². The lowest BCUT2D eigenvalue weighted by molar-refractivity contribution is 0.310. The minimum Gasteiger partial charge on any atom is -0.493 e. The van der Waals surface area contributed by atoms with Crippen molar-refractivity contribution in [2.45, 2.75) is 26.8 Å². The van der Waals surface area contributed by atoms with Crippen molar-refractivity contribution in [2.24, 2.45) is 4.99 Å². The van der Waals surface area contributed by atoms with Gasteiger partial charge in [-0.05, 0) is 55.2 Å². The number of ether oxygens (including phenoxy) is 2. The highest BCUT2D eigenvalue weighted by atomic mass is 16.5. The predicted molar refractivity (Wildman–Crippen MR) is 119 cm³/mol. The largest absolute Gasteiger partial charge is 0.493 e. The molecule has 1 aromatic heterocycles. The molecule has 0 atom stereocenters. The molecule has 0 fully saturated rings. The molecule has 0 radical (unpaired) electrons. The molecule has 0 bridgehead atoms. The summed E-state index contributed by atoms with van der Waals surface area (Å²) < 4.78 is 11.0. The number of hydrogen-bond donors (Lipinski definition) is 3. The molecular weight excluding hydrogens is 364 g/mol. The molecule has 0 saturated heterocycles. The van der Waals surface area contributed by atoms with Crippen LogP contribution < -0.4 is 20.1 Å². The number of aromatic nitrogens is 1. The van der Waals surface area contributed by atoms with Gasteiger partial charge >= 0.3 is 0 Å². The number of aryl methyl sites for hydroxylation is 1. The SMILES string of the molecule is CCOc1cc(CNC(=NC)NCCc2c[nH]c3cc(C)ccc23)ccc1OC. The number of guanidine groups is 1. The van der Waals surface area contributed by atoms with Crippen LogP contribution in [0.3, 0.4) is 0 Å². The van der Waals surface area contributed by atoms with Crippen molar-refractivity contribution in [3.8, 4) is 11.5 Å². The molecule has 0 spiro atoms. The highest BCUT2D eigenvalue weighted by Crippen LogP contribution is 2.28. The minimum absolute atomic E-state index is 0.601. The minimum atomic E-state index is 0.601. The summed E-state index contributed by atoms with van der Waals surface area (Å²) in [6.07, 6.45) is 3.01. The van der Waals surface area contributed by atoms with Crippen LogP contribution in [-0.2, 0) is 13.0 Å². The number of H-pyrrole nitrogens is 1. The molecule has 0 aliphatic heterocycles. The molecule has 3 aromatic rings. The van der Waals surface area contributed by atoms with Crippen molar-refractivity contribution in [2.75, 3.05) is 27.3 Å². The number of methoxy groups -OCH3 is 1. The Bertz CT molecular complexity index is 978. The summed E-state index contributed by atoms with van der Waals surface area (Å²) in [5, 5.41) is 8.02. The van der Waals surface area contributed by atoms with Crippen LogP contribution in [0.2, 0.25) is 0 Å². The van der Waals surface area contributed by atoms with Crippen LogP contribution in [0, 0.1) is 6.92 Å². The zero-order valence-corrected chi connectivity index (χ0v) is 17.6. The summed E-state index contributed by atoms with van der Waals surface area (Å²) in [5.74, 6) is 2.27. The maximum absolute atomic E-state index is 5.65. The molecule has 3 rings (SSSR count). The highest BCUT2D eigenvalue weighted by molar-refractivity contribution is 5.84. The van der Waals surface area contributed by atoms with Gasteiger partial charge in [0.15, 0.2) is 17.5 Å². The number of hydrogen-bond acceptors (Lipinski definition) is 3. The normalized spacial score (nSPS) is 11.5. The lowest BCUT2D eigenvalue weighted by atomic mass is 10.1. The van der Waals surface area contributed by atoms with Gasteiger partial charge in [0.1, 0.15) is 0 Å². The molecule has 3 N–H and O–H groups in total. The van der Waals surface area contributed by atoms with Crippen LogP contribution in [0.15, 0.2) is 47.6 Å². The molecule has 2 aromatic carbocycles. The Kier molecular flexibility index (Phi) is 7.00. The first-order valence-corrected chi connectivity index (χ1v) is 9.95. The molecule has 0 aliphatic carbocycles. The first-order chi connectivity index (χ1) is 14.1. The Hall–Kier alpha value is -3.15. The summed E-state index contributed by atoms with van der Waals surface area (Å²) in [6.45, 7) is 6.12. The first-order valence-electron chi connectivity index (χ1n) is 9.95. The van der Waals surface area contributed by atoms with E-state index in [2.05, 4.69) is 51.9 Å². The summed E-state index contributed by atoms with van der Waals surface area (Å²) in [5.41, 5.74) is 4.86. The van der Waals surface area contributed by atoms with Crippen molar-refractivity contribution in [3.05, 3.63) is 59.3 Å².